The lowest BCUT2D eigenvalue weighted by molar-refractivity contribution is -0.136. The largest absolute Gasteiger partial charge is 0.295 e. The molecular weight excluding hydrogens is 270 g/mol. The maximum Gasteiger partial charge on any atom is 0.225 e. The van der Waals surface area contributed by atoms with E-state index in [-0.39, 0.29) is 5.54 Å². The van der Waals surface area contributed by atoms with Crippen LogP contribution in [0.1, 0.15) is 65.1 Å². The highest BCUT2D eigenvalue weighted by molar-refractivity contribution is 6.28. The van der Waals surface area contributed by atoms with E-state index in [2.05, 4.69) is 35.5 Å². The molecule has 0 aliphatic heterocycles. The normalized spacial score (nSPS) is 46.1. The minimum atomic E-state index is 0.189. The van der Waals surface area contributed by atoms with Gasteiger partial charge in [0.1, 0.15) is 5.82 Å². The van der Waals surface area contributed by atoms with Gasteiger partial charge in [0.05, 0.1) is 0 Å². The third kappa shape index (κ3) is 1.65. The van der Waals surface area contributed by atoms with Gasteiger partial charge in [-0.3, -0.25) is 4.57 Å². The smallest absolute Gasteiger partial charge is 0.225 e. The van der Waals surface area contributed by atoms with Crippen LogP contribution >= 0.6 is 11.6 Å². The van der Waals surface area contributed by atoms with Crippen molar-refractivity contribution < 1.29 is 0 Å². The lowest BCUT2D eigenvalue weighted by Crippen LogP contribution is -2.59. The molecule has 4 bridgehead atoms. The van der Waals surface area contributed by atoms with Gasteiger partial charge in [-0.05, 0) is 66.9 Å². The van der Waals surface area contributed by atoms with Gasteiger partial charge in [-0.15, -0.1) is 10.2 Å². The Kier molecular flexibility index (Phi) is 2.49. The third-order valence-electron chi connectivity index (χ3n) is 6.08. The second-order valence-corrected chi connectivity index (χ2v) is 8.77. The Hall–Kier alpha value is -0.570. The Morgan fingerprint density at radius 3 is 2.30 bits per heavy atom. The molecule has 0 aromatic carbocycles. The number of aryl methyl sites for hydroxylation is 1. The minimum absolute atomic E-state index is 0.189. The molecule has 4 fully saturated rings. The summed E-state index contributed by atoms with van der Waals surface area (Å²) in [6, 6.07) is 0. The first kappa shape index (κ1) is 13.1. The quantitative estimate of drug-likeness (QED) is 0.818. The molecule has 1 aromatic rings. The molecule has 5 rings (SSSR count). The minimum Gasteiger partial charge on any atom is -0.295 e. The Balaban J connectivity index is 1.86. The van der Waals surface area contributed by atoms with Crippen molar-refractivity contribution in [1.82, 2.24) is 14.8 Å². The summed E-state index contributed by atoms with van der Waals surface area (Å²) in [7, 11) is 0. The van der Waals surface area contributed by atoms with Crippen LogP contribution in [0, 0.1) is 16.7 Å². The van der Waals surface area contributed by atoms with Crippen molar-refractivity contribution >= 4 is 11.6 Å². The fourth-order valence-electron chi connectivity index (χ4n) is 6.63. The zero-order valence-electron chi connectivity index (χ0n) is 12.7. The number of aromatic nitrogens is 3. The average Bonchev–Trinajstić information content (AvgIpc) is 2.66. The molecular formula is C16H24ClN3. The lowest BCUT2D eigenvalue weighted by Gasteiger charge is -2.65. The third-order valence-corrected chi connectivity index (χ3v) is 6.32. The maximum absolute atomic E-state index is 6.44. The highest BCUT2D eigenvalue weighted by Gasteiger charge is 2.61. The second-order valence-electron chi connectivity index (χ2n) is 8.43. The van der Waals surface area contributed by atoms with Gasteiger partial charge in [0.15, 0.2) is 0 Å². The molecule has 0 amide bonds. The molecule has 4 saturated carbocycles. The van der Waals surface area contributed by atoms with E-state index >= 15 is 0 Å². The molecule has 3 nitrogen and oxygen atoms in total. The van der Waals surface area contributed by atoms with Gasteiger partial charge in [0, 0.05) is 12.0 Å². The Bertz CT molecular complexity index is 546. The summed E-state index contributed by atoms with van der Waals surface area (Å²) in [5.74, 6) is 1.94. The Labute approximate surface area is 126 Å². The fraction of sp³-hybridized carbons (Fsp3) is 0.875. The van der Waals surface area contributed by atoms with Crippen molar-refractivity contribution in [3.8, 4) is 0 Å². The van der Waals surface area contributed by atoms with Gasteiger partial charge in [0.2, 0.25) is 5.28 Å². The highest BCUT2D eigenvalue weighted by Crippen LogP contribution is 2.68. The van der Waals surface area contributed by atoms with Crippen LogP contribution in [0.5, 0.6) is 0 Å². The van der Waals surface area contributed by atoms with E-state index in [9.17, 15) is 0 Å². The first-order valence-corrected chi connectivity index (χ1v) is 8.35. The molecule has 2 atom stereocenters. The van der Waals surface area contributed by atoms with Crippen LogP contribution in [0.4, 0.5) is 0 Å². The maximum atomic E-state index is 6.44. The van der Waals surface area contributed by atoms with Crippen LogP contribution in [-0.4, -0.2) is 14.8 Å². The molecule has 2 unspecified atom stereocenters. The molecule has 0 N–H and O–H groups in total. The summed E-state index contributed by atoms with van der Waals surface area (Å²) < 4.78 is 2.32. The molecule has 0 radical (unpaired) electrons. The number of hydrogen-bond donors (Lipinski definition) is 0. The van der Waals surface area contributed by atoms with Crippen molar-refractivity contribution in [2.75, 3.05) is 0 Å². The van der Waals surface area contributed by atoms with E-state index in [0.717, 1.165) is 18.2 Å². The van der Waals surface area contributed by atoms with Crippen molar-refractivity contribution in [3.63, 3.8) is 0 Å². The number of halogens is 1. The summed E-state index contributed by atoms with van der Waals surface area (Å²) >= 11 is 6.44. The molecule has 1 aromatic heterocycles. The van der Waals surface area contributed by atoms with Crippen LogP contribution in [0.25, 0.3) is 0 Å². The monoisotopic (exact) mass is 293 g/mol. The van der Waals surface area contributed by atoms with Crippen LogP contribution in [-0.2, 0) is 12.0 Å². The second kappa shape index (κ2) is 3.79. The number of nitrogens with zero attached hydrogens (tertiary/aromatic N) is 3. The van der Waals surface area contributed by atoms with Gasteiger partial charge in [-0.1, -0.05) is 20.8 Å². The molecule has 0 saturated heterocycles. The van der Waals surface area contributed by atoms with Crippen LogP contribution in [0.3, 0.4) is 0 Å². The molecule has 4 heteroatoms. The first-order chi connectivity index (χ1) is 9.37. The molecule has 110 valence electrons. The van der Waals surface area contributed by atoms with E-state index in [4.69, 9.17) is 11.6 Å². The number of hydrogen-bond acceptors (Lipinski definition) is 2. The summed E-state index contributed by atoms with van der Waals surface area (Å²) in [5, 5.41) is 9.09. The Morgan fingerprint density at radius 2 is 1.75 bits per heavy atom. The lowest BCUT2D eigenvalue weighted by atomic mass is 9.42. The van der Waals surface area contributed by atoms with E-state index in [1.165, 1.54) is 38.5 Å². The first-order valence-electron chi connectivity index (χ1n) is 7.97. The summed E-state index contributed by atoms with van der Waals surface area (Å²) in [5.41, 5.74) is 1.17. The number of rotatable bonds is 2. The van der Waals surface area contributed by atoms with Gasteiger partial charge in [-0.2, -0.15) is 0 Å². The zero-order valence-corrected chi connectivity index (χ0v) is 13.5. The van der Waals surface area contributed by atoms with E-state index in [0.29, 0.717) is 16.1 Å². The standard InChI is InChI=1S/C16H24ClN3/c1-4-12-18-19-13(17)20(12)16-7-11-5-14(2,9-16)8-15(3,6-11)10-16/h11H,4-10H2,1-3H3. The van der Waals surface area contributed by atoms with Crippen LogP contribution < -0.4 is 0 Å². The van der Waals surface area contributed by atoms with E-state index < -0.39 is 0 Å². The summed E-state index contributed by atoms with van der Waals surface area (Å²) in [6.45, 7) is 7.14. The van der Waals surface area contributed by atoms with Crippen molar-refractivity contribution in [2.24, 2.45) is 16.7 Å². The van der Waals surface area contributed by atoms with E-state index in [1.54, 1.807) is 0 Å². The highest BCUT2D eigenvalue weighted by atomic mass is 35.5. The Morgan fingerprint density at radius 1 is 1.10 bits per heavy atom. The average molecular weight is 294 g/mol. The van der Waals surface area contributed by atoms with Crippen molar-refractivity contribution in [3.05, 3.63) is 11.1 Å². The van der Waals surface area contributed by atoms with Gasteiger partial charge in [0.25, 0.3) is 0 Å². The van der Waals surface area contributed by atoms with Crippen LogP contribution in [0.15, 0.2) is 0 Å². The van der Waals surface area contributed by atoms with Crippen LogP contribution in [0.2, 0.25) is 5.28 Å². The molecule has 4 aliphatic carbocycles. The van der Waals surface area contributed by atoms with Gasteiger partial charge >= 0.3 is 0 Å². The van der Waals surface area contributed by atoms with Crippen molar-refractivity contribution in [2.45, 2.75) is 71.3 Å². The zero-order chi connectivity index (χ0) is 14.2. The molecule has 1 heterocycles. The summed E-state index contributed by atoms with van der Waals surface area (Å²) in [4.78, 5) is 0. The molecule has 0 spiro atoms. The molecule has 4 aliphatic rings. The van der Waals surface area contributed by atoms with Gasteiger partial charge in [-0.25, -0.2) is 0 Å². The van der Waals surface area contributed by atoms with Gasteiger partial charge < -0.3 is 0 Å². The predicted molar refractivity (Wildman–Crippen MR) is 79.8 cm³/mol. The van der Waals surface area contributed by atoms with Crippen molar-refractivity contribution in [1.29, 1.82) is 0 Å². The summed E-state index contributed by atoms with van der Waals surface area (Å²) in [6.07, 6.45) is 8.92. The van der Waals surface area contributed by atoms with E-state index in [1.807, 2.05) is 0 Å². The SMILES string of the molecule is CCc1nnc(Cl)n1C12CC3CC(C)(CC(C)(C3)C1)C2. The fourth-order valence-corrected chi connectivity index (χ4v) is 6.94. The molecule has 20 heavy (non-hydrogen) atoms. The predicted octanol–water partition coefficient (Wildman–Crippen LogP) is 4.20. The topological polar surface area (TPSA) is 30.7 Å².